The van der Waals surface area contributed by atoms with Crippen molar-refractivity contribution in [2.45, 2.75) is 31.3 Å². The first kappa shape index (κ1) is 9.12. The maximum absolute atomic E-state index is 8.90. The predicted octanol–water partition coefficient (Wildman–Crippen LogP) is 1.02. The van der Waals surface area contributed by atoms with Crippen molar-refractivity contribution < 1.29 is 5.11 Å². The molecule has 3 N–H and O–H groups in total. The quantitative estimate of drug-likeness (QED) is 0.762. The van der Waals surface area contributed by atoms with Crippen LogP contribution < -0.4 is 5.73 Å². The number of nitrogens with two attached hydrogens (primary N) is 1. The summed E-state index contributed by atoms with van der Waals surface area (Å²) in [6.45, 7) is 0.729. The minimum absolute atomic E-state index is 0.0469. The Morgan fingerprint density at radius 2 is 2.38 bits per heavy atom. The van der Waals surface area contributed by atoms with E-state index in [1.807, 2.05) is 5.38 Å². The van der Waals surface area contributed by atoms with Gasteiger partial charge in [0.25, 0.3) is 0 Å². The lowest BCUT2D eigenvalue weighted by Gasteiger charge is -2.39. The Balaban J connectivity index is 2.23. The second-order valence-corrected chi connectivity index (χ2v) is 4.57. The molecule has 72 valence electrons. The molecule has 1 saturated carbocycles. The van der Waals surface area contributed by atoms with Gasteiger partial charge in [0.05, 0.1) is 12.3 Å². The van der Waals surface area contributed by atoms with Gasteiger partial charge in [-0.05, 0) is 12.8 Å². The Hall–Kier alpha value is -0.450. The van der Waals surface area contributed by atoms with E-state index in [4.69, 9.17) is 10.8 Å². The molecule has 0 atom stereocenters. The molecule has 13 heavy (non-hydrogen) atoms. The molecule has 0 amide bonds. The molecule has 1 aromatic heterocycles. The van der Waals surface area contributed by atoms with Gasteiger partial charge in [0, 0.05) is 17.3 Å². The van der Waals surface area contributed by atoms with Crippen LogP contribution in [0.4, 0.5) is 0 Å². The van der Waals surface area contributed by atoms with Crippen LogP contribution in [0.25, 0.3) is 0 Å². The van der Waals surface area contributed by atoms with E-state index in [1.54, 1.807) is 0 Å². The van der Waals surface area contributed by atoms with Crippen molar-refractivity contribution in [1.29, 1.82) is 0 Å². The fourth-order valence-electron chi connectivity index (χ4n) is 1.80. The molecular formula is C9H14N2OS. The van der Waals surface area contributed by atoms with Crippen LogP contribution in [0.3, 0.4) is 0 Å². The standard InChI is InChI=1S/C9H14N2OS/c10-6-9(2-1-3-9)7-5-13-8(4-12)11-7/h5,12H,1-4,6,10H2. The first-order valence-electron chi connectivity index (χ1n) is 4.56. The number of aliphatic hydroxyl groups excluding tert-OH is 1. The summed E-state index contributed by atoms with van der Waals surface area (Å²) in [7, 11) is 0. The summed E-state index contributed by atoms with van der Waals surface area (Å²) in [6, 6.07) is 0. The minimum atomic E-state index is 0.0469. The topological polar surface area (TPSA) is 59.1 Å². The number of rotatable bonds is 3. The molecule has 0 saturated heterocycles. The highest BCUT2D eigenvalue weighted by Gasteiger charge is 2.39. The second-order valence-electron chi connectivity index (χ2n) is 3.62. The zero-order valence-corrected chi connectivity index (χ0v) is 8.31. The van der Waals surface area contributed by atoms with Crippen LogP contribution in [0.2, 0.25) is 0 Å². The van der Waals surface area contributed by atoms with E-state index < -0.39 is 0 Å². The number of hydrogen-bond acceptors (Lipinski definition) is 4. The monoisotopic (exact) mass is 198 g/mol. The largest absolute Gasteiger partial charge is 0.389 e. The van der Waals surface area contributed by atoms with Gasteiger partial charge < -0.3 is 10.8 Å². The van der Waals surface area contributed by atoms with E-state index in [-0.39, 0.29) is 12.0 Å². The average molecular weight is 198 g/mol. The normalized spacial score (nSPS) is 19.8. The number of nitrogens with zero attached hydrogens (tertiary/aromatic N) is 1. The van der Waals surface area contributed by atoms with Gasteiger partial charge in [-0.25, -0.2) is 4.98 Å². The lowest BCUT2D eigenvalue weighted by molar-refractivity contribution is 0.243. The highest BCUT2D eigenvalue weighted by Crippen LogP contribution is 2.42. The Morgan fingerprint density at radius 3 is 2.77 bits per heavy atom. The van der Waals surface area contributed by atoms with E-state index in [2.05, 4.69) is 4.98 Å². The molecule has 3 nitrogen and oxygen atoms in total. The van der Waals surface area contributed by atoms with E-state index in [9.17, 15) is 0 Å². The average Bonchev–Trinajstić information content (AvgIpc) is 2.52. The molecule has 1 heterocycles. The van der Waals surface area contributed by atoms with Gasteiger partial charge >= 0.3 is 0 Å². The smallest absolute Gasteiger partial charge is 0.118 e. The van der Waals surface area contributed by atoms with E-state index in [0.29, 0.717) is 6.54 Å². The van der Waals surface area contributed by atoms with Crippen molar-refractivity contribution in [3.8, 4) is 0 Å². The number of aliphatic hydroxyl groups is 1. The van der Waals surface area contributed by atoms with Crippen molar-refractivity contribution in [1.82, 2.24) is 4.98 Å². The van der Waals surface area contributed by atoms with Gasteiger partial charge in [-0.1, -0.05) is 6.42 Å². The van der Waals surface area contributed by atoms with E-state index >= 15 is 0 Å². The van der Waals surface area contributed by atoms with Crippen LogP contribution >= 0.6 is 11.3 Å². The molecule has 0 bridgehead atoms. The Morgan fingerprint density at radius 1 is 1.62 bits per heavy atom. The second kappa shape index (κ2) is 3.36. The van der Waals surface area contributed by atoms with E-state index in [1.165, 1.54) is 17.8 Å². The molecule has 0 aromatic carbocycles. The summed E-state index contributed by atoms with van der Waals surface area (Å²) in [4.78, 5) is 4.38. The summed E-state index contributed by atoms with van der Waals surface area (Å²) in [5, 5.41) is 11.7. The van der Waals surface area contributed by atoms with Crippen LogP contribution in [0.15, 0.2) is 5.38 Å². The molecule has 1 fully saturated rings. The number of thiazole rings is 1. The third-order valence-electron chi connectivity index (χ3n) is 2.93. The Labute approximate surface area is 81.6 Å². The fourth-order valence-corrected chi connectivity index (χ4v) is 2.57. The first-order valence-corrected chi connectivity index (χ1v) is 5.44. The lowest BCUT2D eigenvalue weighted by Crippen LogP contribution is -2.41. The van der Waals surface area contributed by atoms with Crippen molar-refractivity contribution in [3.63, 3.8) is 0 Å². The van der Waals surface area contributed by atoms with Gasteiger partial charge in [-0.3, -0.25) is 0 Å². The molecule has 1 aromatic rings. The predicted molar refractivity (Wildman–Crippen MR) is 52.6 cm³/mol. The first-order chi connectivity index (χ1) is 6.30. The number of hydrogen-bond donors (Lipinski definition) is 2. The maximum atomic E-state index is 8.90. The van der Waals surface area contributed by atoms with Gasteiger partial charge in [-0.2, -0.15) is 0 Å². The van der Waals surface area contributed by atoms with Crippen LogP contribution in [0.5, 0.6) is 0 Å². The highest BCUT2D eigenvalue weighted by molar-refractivity contribution is 7.09. The third-order valence-corrected chi connectivity index (χ3v) is 3.77. The SMILES string of the molecule is NCC1(c2csc(CO)n2)CCC1. The van der Waals surface area contributed by atoms with Crippen LogP contribution in [-0.4, -0.2) is 16.6 Å². The van der Waals surface area contributed by atoms with Gasteiger partial charge in [-0.15, -0.1) is 11.3 Å². The van der Waals surface area contributed by atoms with Gasteiger partial charge in [0.2, 0.25) is 0 Å². The summed E-state index contributed by atoms with van der Waals surface area (Å²) in [5.74, 6) is 0. The van der Waals surface area contributed by atoms with Crippen LogP contribution in [0.1, 0.15) is 30.0 Å². The zero-order valence-electron chi connectivity index (χ0n) is 7.49. The fraction of sp³-hybridized carbons (Fsp3) is 0.667. The third kappa shape index (κ3) is 1.39. The van der Waals surface area contributed by atoms with Crippen molar-refractivity contribution in [2.75, 3.05) is 6.54 Å². The zero-order chi connectivity index (χ0) is 9.31. The summed E-state index contributed by atoms with van der Waals surface area (Å²) < 4.78 is 0. The molecule has 0 spiro atoms. The summed E-state index contributed by atoms with van der Waals surface area (Å²) in [6.07, 6.45) is 3.55. The molecule has 0 radical (unpaired) electrons. The molecule has 1 aliphatic rings. The minimum Gasteiger partial charge on any atom is -0.389 e. The van der Waals surface area contributed by atoms with Crippen molar-refractivity contribution in [3.05, 3.63) is 16.1 Å². The van der Waals surface area contributed by atoms with Crippen molar-refractivity contribution >= 4 is 11.3 Å². The molecule has 0 unspecified atom stereocenters. The molecular weight excluding hydrogens is 184 g/mol. The van der Waals surface area contributed by atoms with Crippen molar-refractivity contribution in [2.24, 2.45) is 5.73 Å². The van der Waals surface area contributed by atoms with Crippen LogP contribution in [0, 0.1) is 0 Å². The van der Waals surface area contributed by atoms with E-state index in [0.717, 1.165) is 23.5 Å². The highest BCUT2D eigenvalue weighted by atomic mass is 32.1. The summed E-state index contributed by atoms with van der Waals surface area (Å²) >= 11 is 1.52. The molecule has 0 aliphatic heterocycles. The molecule has 2 rings (SSSR count). The van der Waals surface area contributed by atoms with Crippen LogP contribution in [-0.2, 0) is 12.0 Å². The van der Waals surface area contributed by atoms with Gasteiger partial charge in [0.1, 0.15) is 5.01 Å². The summed E-state index contributed by atoms with van der Waals surface area (Å²) in [5.41, 5.74) is 6.99. The molecule has 1 aliphatic carbocycles. The molecule has 4 heteroatoms. The Kier molecular flexibility index (Phi) is 2.36. The Bertz CT molecular complexity index is 288. The lowest BCUT2D eigenvalue weighted by atomic mass is 9.67. The maximum Gasteiger partial charge on any atom is 0.118 e. The number of aromatic nitrogens is 1. The van der Waals surface area contributed by atoms with Gasteiger partial charge in [0.15, 0.2) is 0 Å².